The maximum atomic E-state index is 12.6. The van der Waals surface area contributed by atoms with Crippen LogP contribution in [-0.2, 0) is 28.5 Å². The molecule has 0 amide bonds. The molecule has 0 aromatic rings. The van der Waals surface area contributed by atoms with Gasteiger partial charge in [0.05, 0.1) is 25.9 Å². The van der Waals surface area contributed by atoms with Gasteiger partial charge in [-0.3, -0.25) is 9.59 Å². The molecule has 2 saturated heterocycles. The standard InChI is InChI=1S/C55H105NO6/c1-7-11-23-32-49(33-24-12-8-2)46-52(57)59-44-29-21-17-15-19-27-38-55(61-48-51(62-55)36-31-37-54(5)40-42-56(6)43-41-54)39-28-20-16-18-22-30-45-60-53(58)47-50(34-25-13-9-3)35-26-14-10-4/h49-51H,7-48H2,1-6H3. The average molecular weight is 876 g/mol. The predicted octanol–water partition coefficient (Wildman–Crippen LogP) is 15.9. The lowest BCUT2D eigenvalue weighted by Gasteiger charge is -2.38. The van der Waals surface area contributed by atoms with Crippen LogP contribution in [0.3, 0.4) is 0 Å². The molecule has 0 radical (unpaired) electrons. The minimum absolute atomic E-state index is 0.0200. The molecule has 2 aliphatic rings. The van der Waals surface area contributed by atoms with Crippen LogP contribution in [0.4, 0.5) is 0 Å². The molecular weight excluding hydrogens is 771 g/mol. The third-order valence-electron chi connectivity index (χ3n) is 14.6. The van der Waals surface area contributed by atoms with Crippen LogP contribution in [-0.4, -0.2) is 68.7 Å². The highest BCUT2D eigenvalue weighted by atomic mass is 16.7. The average Bonchev–Trinajstić information content (AvgIpc) is 3.66. The SMILES string of the molecule is CCCCCC(CCCCC)CC(=O)OCCCCCCCCC1(CCCCCCCCOC(=O)CC(CCCCC)CCCCC)OCC(CCCC2(C)CCN(C)CC2)O1. The van der Waals surface area contributed by atoms with Crippen molar-refractivity contribution in [3.8, 4) is 0 Å². The van der Waals surface area contributed by atoms with Crippen molar-refractivity contribution in [2.75, 3.05) is 40.0 Å². The van der Waals surface area contributed by atoms with Crippen molar-refractivity contribution in [3.05, 3.63) is 0 Å². The molecule has 2 fully saturated rings. The monoisotopic (exact) mass is 876 g/mol. The Hall–Kier alpha value is -1.18. The molecule has 7 heteroatoms. The maximum Gasteiger partial charge on any atom is 0.306 e. The number of unbranched alkanes of at least 4 members (excludes halogenated alkanes) is 18. The van der Waals surface area contributed by atoms with Crippen LogP contribution >= 0.6 is 0 Å². The lowest BCUT2D eigenvalue weighted by Crippen LogP contribution is -2.36. The van der Waals surface area contributed by atoms with Crippen LogP contribution in [0.15, 0.2) is 0 Å². The molecule has 2 rings (SSSR count). The molecule has 1 unspecified atom stereocenters. The van der Waals surface area contributed by atoms with E-state index in [0.29, 0.717) is 43.3 Å². The minimum Gasteiger partial charge on any atom is -0.466 e. The summed E-state index contributed by atoms with van der Waals surface area (Å²) in [5, 5.41) is 0. The molecule has 2 heterocycles. The first-order chi connectivity index (χ1) is 30.2. The van der Waals surface area contributed by atoms with Gasteiger partial charge in [0.15, 0.2) is 5.79 Å². The van der Waals surface area contributed by atoms with Gasteiger partial charge < -0.3 is 23.8 Å². The van der Waals surface area contributed by atoms with Crippen molar-refractivity contribution >= 4 is 11.9 Å². The topological polar surface area (TPSA) is 74.3 Å². The molecule has 7 nitrogen and oxygen atoms in total. The molecule has 0 N–H and O–H groups in total. The van der Waals surface area contributed by atoms with Gasteiger partial charge in [-0.25, -0.2) is 0 Å². The highest BCUT2D eigenvalue weighted by Crippen LogP contribution is 2.39. The van der Waals surface area contributed by atoms with E-state index in [4.69, 9.17) is 18.9 Å². The fourth-order valence-corrected chi connectivity index (χ4v) is 10.1. The van der Waals surface area contributed by atoms with Crippen molar-refractivity contribution in [1.82, 2.24) is 4.90 Å². The van der Waals surface area contributed by atoms with Gasteiger partial charge in [0, 0.05) is 25.7 Å². The van der Waals surface area contributed by atoms with Gasteiger partial charge in [0.2, 0.25) is 0 Å². The van der Waals surface area contributed by atoms with Crippen LogP contribution in [0.25, 0.3) is 0 Å². The molecule has 0 aromatic heterocycles. The first kappa shape index (κ1) is 56.9. The van der Waals surface area contributed by atoms with Crippen LogP contribution in [0, 0.1) is 17.3 Å². The normalized spacial score (nSPS) is 17.6. The highest BCUT2D eigenvalue weighted by molar-refractivity contribution is 5.70. The van der Waals surface area contributed by atoms with Gasteiger partial charge in [-0.05, 0) is 114 Å². The Morgan fingerprint density at radius 1 is 0.548 bits per heavy atom. The third-order valence-corrected chi connectivity index (χ3v) is 14.6. The van der Waals surface area contributed by atoms with E-state index in [0.717, 1.165) is 64.4 Å². The zero-order valence-corrected chi connectivity index (χ0v) is 42.3. The van der Waals surface area contributed by atoms with Gasteiger partial charge in [-0.1, -0.05) is 169 Å². The number of rotatable bonds is 42. The predicted molar refractivity (Wildman–Crippen MR) is 262 cm³/mol. The van der Waals surface area contributed by atoms with Crippen LogP contribution in [0.2, 0.25) is 0 Å². The summed E-state index contributed by atoms with van der Waals surface area (Å²) in [5.74, 6) is 0.618. The summed E-state index contributed by atoms with van der Waals surface area (Å²) in [6.45, 7) is 15.8. The molecule has 62 heavy (non-hydrogen) atoms. The van der Waals surface area contributed by atoms with E-state index in [2.05, 4.69) is 46.6 Å². The zero-order chi connectivity index (χ0) is 45.0. The number of carbonyl (C=O) groups is 2. The molecule has 0 aliphatic carbocycles. The molecule has 366 valence electrons. The van der Waals surface area contributed by atoms with Crippen molar-refractivity contribution in [1.29, 1.82) is 0 Å². The Labute approximate surface area is 385 Å². The lowest BCUT2D eigenvalue weighted by atomic mass is 9.76. The first-order valence-electron chi connectivity index (χ1n) is 27.5. The number of carbonyl (C=O) groups excluding carboxylic acids is 2. The lowest BCUT2D eigenvalue weighted by molar-refractivity contribution is -0.180. The Morgan fingerprint density at radius 2 is 0.952 bits per heavy atom. The largest absolute Gasteiger partial charge is 0.466 e. The number of hydrogen-bond acceptors (Lipinski definition) is 7. The third kappa shape index (κ3) is 28.7. The number of likely N-dealkylation sites (tertiary alicyclic amines) is 1. The molecule has 0 saturated carbocycles. The van der Waals surface area contributed by atoms with Gasteiger partial charge in [0.25, 0.3) is 0 Å². The summed E-state index contributed by atoms with van der Waals surface area (Å²) in [6, 6.07) is 0. The van der Waals surface area contributed by atoms with Crippen molar-refractivity contribution in [2.24, 2.45) is 17.3 Å². The molecule has 0 bridgehead atoms. The fourth-order valence-electron chi connectivity index (χ4n) is 10.1. The maximum absolute atomic E-state index is 12.6. The summed E-state index contributed by atoms with van der Waals surface area (Å²) in [5.41, 5.74) is 0.474. The highest BCUT2D eigenvalue weighted by Gasteiger charge is 2.40. The van der Waals surface area contributed by atoms with Gasteiger partial charge >= 0.3 is 11.9 Å². The van der Waals surface area contributed by atoms with Crippen molar-refractivity contribution < 1.29 is 28.5 Å². The number of nitrogens with zero attached hydrogens (tertiary/aromatic N) is 1. The Kier molecular flexibility index (Phi) is 34.0. The van der Waals surface area contributed by atoms with E-state index in [9.17, 15) is 9.59 Å². The van der Waals surface area contributed by atoms with Crippen LogP contribution in [0.1, 0.15) is 272 Å². The summed E-state index contributed by atoms with van der Waals surface area (Å²) in [4.78, 5) is 27.7. The summed E-state index contributed by atoms with van der Waals surface area (Å²) in [6.07, 6.45) is 43.0. The van der Waals surface area contributed by atoms with E-state index in [1.807, 2.05) is 0 Å². The quantitative estimate of drug-likeness (QED) is 0.0447. The Bertz CT molecular complexity index is 982. The summed E-state index contributed by atoms with van der Waals surface area (Å²) in [7, 11) is 2.25. The number of esters is 2. The molecule has 1 atom stereocenters. The van der Waals surface area contributed by atoms with E-state index < -0.39 is 5.79 Å². The van der Waals surface area contributed by atoms with Crippen molar-refractivity contribution in [2.45, 2.75) is 284 Å². The Morgan fingerprint density at radius 3 is 1.37 bits per heavy atom. The van der Waals surface area contributed by atoms with E-state index in [1.165, 1.54) is 180 Å². The number of piperidine rings is 1. The molecule has 0 aromatic carbocycles. The molecule has 0 spiro atoms. The second-order valence-electron chi connectivity index (χ2n) is 20.8. The van der Waals surface area contributed by atoms with Gasteiger partial charge in [-0.2, -0.15) is 0 Å². The second-order valence-corrected chi connectivity index (χ2v) is 20.8. The Balaban J connectivity index is 1.69. The number of hydrogen-bond donors (Lipinski definition) is 0. The van der Waals surface area contributed by atoms with E-state index in [1.54, 1.807) is 0 Å². The second kappa shape index (κ2) is 37.0. The first-order valence-corrected chi connectivity index (χ1v) is 27.5. The molecule has 2 aliphatic heterocycles. The van der Waals surface area contributed by atoms with E-state index in [-0.39, 0.29) is 18.0 Å². The van der Waals surface area contributed by atoms with Crippen molar-refractivity contribution in [3.63, 3.8) is 0 Å². The van der Waals surface area contributed by atoms with Crippen LogP contribution in [0.5, 0.6) is 0 Å². The smallest absolute Gasteiger partial charge is 0.306 e. The summed E-state index contributed by atoms with van der Waals surface area (Å²) >= 11 is 0. The zero-order valence-electron chi connectivity index (χ0n) is 42.3. The van der Waals surface area contributed by atoms with E-state index >= 15 is 0 Å². The van der Waals surface area contributed by atoms with Gasteiger partial charge in [-0.15, -0.1) is 0 Å². The number of ether oxygens (including phenoxy) is 4. The fraction of sp³-hybridized carbons (Fsp3) is 0.964. The van der Waals surface area contributed by atoms with Crippen LogP contribution < -0.4 is 0 Å². The molecular formula is C55H105NO6. The van der Waals surface area contributed by atoms with Gasteiger partial charge in [0.1, 0.15) is 0 Å². The summed E-state index contributed by atoms with van der Waals surface area (Å²) < 4.78 is 24.9. The minimum atomic E-state index is -0.416.